The Hall–Kier alpha value is -4.29. The molecule has 5 rings (SSSR count). The molecular formula is C30H25F3N2O4. The molecule has 0 saturated carbocycles. The number of nitriles is 1. The second-order valence-electron chi connectivity index (χ2n) is 9.48. The third-order valence-corrected chi connectivity index (χ3v) is 6.95. The van der Waals surface area contributed by atoms with Gasteiger partial charge >= 0.3 is 11.8 Å². The van der Waals surface area contributed by atoms with Crippen LogP contribution in [0.15, 0.2) is 69.9 Å². The van der Waals surface area contributed by atoms with E-state index in [1.807, 2.05) is 30.3 Å². The Balaban J connectivity index is 1.51. The number of aromatic hydroxyl groups is 1. The van der Waals surface area contributed by atoms with Gasteiger partial charge < -0.3 is 14.3 Å². The molecule has 200 valence electrons. The lowest BCUT2D eigenvalue weighted by Gasteiger charge is -2.16. The van der Waals surface area contributed by atoms with Gasteiger partial charge in [-0.1, -0.05) is 24.3 Å². The van der Waals surface area contributed by atoms with Crippen molar-refractivity contribution in [2.45, 2.75) is 25.4 Å². The van der Waals surface area contributed by atoms with Gasteiger partial charge in [0.15, 0.2) is 5.58 Å². The lowest BCUT2D eigenvalue weighted by Crippen LogP contribution is -2.25. The number of likely N-dealkylation sites (tertiary alicyclic amines) is 1. The molecule has 3 aromatic carbocycles. The van der Waals surface area contributed by atoms with Crippen LogP contribution in [0.4, 0.5) is 13.2 Å². The minimum Gasteiger partial charge on any atom is -0.506 e. The van der Waals surface area contributed by atoms with E-state index < -0.39 is 17.4 Å². The van der Waals surface area contributed by atoms with Crippen LogP contribution < -0.4 is 10.4 Å². The standard InChI is InChI=1S/C30H25F3N2O4/c31-30(32,33)21-7-5-20(6-8-21)27-24(23-11-12-26(36)25(18-34)28(23)39-29(27)37)17-19-3-9-22(10-4-19)38-16-15-35-13-1-2-14-35/h3-12,36H,1-2,13-17H2. The molecule has 0 spiro atoms. The number of halogens is 3. The molecule has 0 radical (unpaired) electrons. The summed E-state index contributed by atoms with van der Waals surface area (Å²) in [5.74, 6) is 0.367. The molecule has 6 nitrogen and oxygen atoms in total. The van der Waals surface area contributed by atoms with Gasteiger partial charge in [-0.3, -0.25) is 4.90 Å². The van der Waals surface area contributed by atoms with Crippen molar-refractivity contribution in [1.82, 2.24) is 4.90 Å². The molecular weight excluding hydrogens is 509 g/mol. The molecule has 1 aliphatic heterocycles. The lowest BCUT2D eigenvalue weighted by atomic mass is 9.92. The number of nitrogens with zero attached hydrogens (tertiary/aromatic N) is 2. The smallest absolute Gasteiger partial charge is 0.416 e. The maximum absolute atomic E-state index is 13.2. The number of hydrogen-bond acceptors (Lipinski definition) is 6. The first-order valence-corrected chi connectivity index (χ1v) is 12.6. The van der Waals surface area contributed by atoms with Crippen molar-refractivity contribution in [2.24, 2.45) is 0 Å². The van der Waals surface area contributed by atoms with Gasteiger partial charge in [0.25, 0.3) is 0 Å². The van der Waals surface area contributed by atoms with Crippen LogP contribution in [0.2, 0.25) is 0 Å². The lowest BCUT2D eigenvalue weighted by molar-refractivity contribution is -0.137. The molecule has 1 fully saturated rings. The molecule has 0 amide bonds. The fourth-order valence-corrected chi connectivity index (χ4v) is 4.93. The Morgan fingerprint density at radius 2 is 1.69 bits per heavy atom. The zero-order valence-corrected chi connectivity index (χ0v) is 20.9. The van der Waals surface area contributed by atoms with Gasteiger partial charge in [0.1, 0.15) is 29.7 Å². The van der Waals surface area contributed by atoms with Crippen LogP contribution >= 0.6 is 0 Å². The van der Waals surface area contributed by atoms with Gasteiger partial charge in [0, 0.05) is 11.9 Å². The number of benzene rings is 3. The summed E-state index contributed by atoms with van der Waals surface area (Å²) in [6.45, 7) is 3.61. The second kappa shape index (κ2) is 10.8. The first-order valence-electron chi connectivity index (χ1n) is 12.6. The fourth-order valence-electron chi connectivity index (χ4n) is 4.93. The SMILES string of the molecule is N#Cc1c(O)ccc2c(Cc3ccc(OCCN4CCCC4)cc3)c(-c3ccc(C(F)(F)F)cc3)c(=O)oc12. The van der Waals surface area contributed by atoms with Gasteiger partial charge in [-0.2, -0.15) is 18.4 Å². The van der Waals surface area contributed by atoms with Crippen LogP contribution in [0.25, 0.3) is 22.1 Å². The monoisotopic (exact) mass is 534 g/mol. The van der Waals surface area contributed by atoms with Crippen LogP contribution in [0, 0.1) is 11.3 Å². The van der Waals surface area contributed by atoms with Crippen LogP contribution in [-0.2, 0) is 12.6 Å². The molecule has 9 heteroatoms. The van der Waals surface area contributed by atoms with Gasteiger partial charge in [0.2, 0.25) is 0 Å². The van der Waals surface area contributed by atoms with E-state index >= 15 is 0 Å². The highest BCUT2D eigenvalue weighted by atomic mass is 19.4. The number of rotatable bonds is 7. The zero-order chi connectivity index (χ0) is 27.6. The molecule has 0 aliphatic carbocycles. The number of phenols is 1. The summed E-state index contributed by atoms with van der Waals surface area (Å²) in [5, 5.41) is 20.1. The predicted octanol–water partition coefficient (Wildman–Crippen LogP) is 6.12. The van der Waals surface area contributed by atoms with Gasteiger partial charge in [-0.05, 0) is 85.4 Å². The van der Waals surface area contributed by atoms with Gasteiger partial charge in [-0.25, -0.2) is 4.79 Å². The van der Waals surface area contributed by atoms with Crippen molar-refractivity contribution in [3.63, 3.8) is 0 Å². The summed E-state index contributed by atoms with van der Waals surface area (Å²) in [4.78, 5) is 15.5. The van der Waals surface area contributed by atoms with E-state index in [-0.39, 0.29) is 34.4 Å². The Morgan fingerprint density at radius 1 is 1.00 bits per heavy atom. The molecule has 1 N–H and O–H groups in total. The van der Waals surface area contributed by atoms with Gasteiger partial charge in [0.05, 0.1) is 11.1 Å². The summed E-state index contributed by atoms with van der Waals surface area (Å²) in [6, 6.07) is 16.4. The second-order valence-corrected chi connectivity index (χ2v) is 9.48. The zero-order valence-electron chi connectivity index (χ0n) is 20.9. The number of alkyl halides is 3. The molecule has 2 heterocycles. The fraction of sp³-hybridized carbons (Fsp3) is 0.267. The Labute approximate surface area is 222 Å². The first-order chi connectivity index (χ1) is 18.7. The van der Waals surface area contributed by atoms with Crippen LogP contribution in [0.1, 0.15) is 35.1 Å². The van der Waals surface area contributed by atoms with Crippen molar-refractivity contribution >= 4 is 11.0 Å². The number of hydrogen-bond donors (Lipinski definition) is 1. The Morgan fingerprint density at radius 3 is 2.33 bits per heavy atom. The van der Waals surface area contributed by atoms with E-state index in [4.69, 9.17) is 9.15 Å². The molecule has 39 heavy (non-hydrogen) atoms. The topological polar surface area (TPSA) is 86.7 Å². The van der Waals surface area contributed by atoms with Crippen molar-refractivity contribution in [3.8, 4) is 28.7 Å². The average molecular weight is 535 g/mol. The number of phenolic OH excluding ortho intramolecular Hbond substituents is 1. The summed E-state index contributed by atoms with van der Waals surface area (Å²) in [5.41, 5.74) is -0.287. The quantitative estimate of drug-likeness (QED) is 0.288. The summed E-state index contributed by atoms with van der Waals surface area (Å²) < 4.78 is 50.7. The van der Waals surface area contributed by atoms with Gasteiger partial charge in [-0.15, -0.1) is 0 Å². The highest BCUT2D eigenvalue weighted by Gasteiger charge is 2.30. The number of ether oxygens (including phenoxy) is 1. The van der Waals surface area contributed by atoms with E-state index in [9.17, 15) is 28.3 Å². The van der Waals surface area contributed by atoms with Crippen LogP contribution in [0.3, 0.4) is 0 Å². The number of fused-ring (bicyclic) bond motifs is 1. The van der Waals surface area contributed by atoms with Crippen molar-refractivity contribution in [3.05, 3.63) is 93.3 Å². The molecule has 0 bridgehead atoms. The van der Waals surface area contributed by atoms with E-state index in [1.54, 1.807) is 0 Å². The molecule has 0 unspecified atom stereocenters. The summed E-state index contributed by atoms with van der Waals surface area (Å²) in [6.07, 6.45) is -1.87. The summed E-state index contributed by atoms with van der Waals surface area (Å²) in [7, 11) is 0. The van der Waals surface area contributed by atoms with E-state index in [2.05, 4.69) is 4.90 Å². The first kappa shape index (κ1) is 26.3. The van der Waals surface area contributed by atoms with E-state index in [1.165, 1.54) is 37.1 Å². The third-order valence-electron chi connectivity index (χ3n) is 6.95. The Bertz CT molecular complexity index is 1580. The molecule has 1 aliphatic rings. The molecule has 4 aromatic rings. The molecule has 0 atom stereocenters. The highest BCUT2D eigenvalue weighted by Crippen LogP contribution is 2.36. The third kappa shape index (κ3) is 5.61. The minimum atomic E-state index is -4.52. The van der Waals surface area contributed by atoms with Crippen molar-refractivity contribution < 1.29 is 27.4 Å². The van der Waals surface area contributed by atoms with E-state index in [0.29, 0.717) is 23.3 Å². The predicted molar refractivity (Wildman–Crippen MR) is 140 cm³/mol. The van der Waals surface area contributed by atoms with E-state index in [0.717, 1.165) is 37.3 Å². The van der Waals surface area contributed by atoms with Crippen LogP contribution in [0.5, 0.6) is 11.5 Å². The highest BCUT2D eigenvalue weighted by molar-refractivity contribution is 5.92. The normalized spacial score (nSPS) is 14.0. The van der Waals surface area contributed by atoms with Crippen LogP contribution in [-0.4, -0.2) is 36.2 Å². The maximum atomic E-state index is 13.2. The maximum Gasteiger partial charge on any atom is 0.416 e. The average Bonchev–Trinajstić information content (AvgIpc) is 3.43. The minimum absolute atomic E-state index is 0.0740. The van der Waals surface area contributed by atoms with Crippen molar-refractivity contribution in [1.29, 1.82) is 5.26 Å². The molecule has 1 saturated heterocycles. The summed E-state index contributed by atoms with van der Waals surface area (Å²) >= 11 is 0. The van der Waals surface area contributed by atoms with Crippen molar-refractivity contribution in [2.75, 3.05) is 26.2 Å². The Kier molecular flexibility index (Phi) is 7.31. The largest absolute Gasteiger partial charge is 0.506 e. The molecule has 1 aromatic heterocycles.